The Morgan fingerprint density at radius 2 is 2.00 bits per heavy atom. The van der Waals surface area contributed by atoms with E-state index in [0.717, 1.165) is 11.0 Å². The minimum absolute atomic E-state index is 0.0144. The molecule has 1 saturated heterocycles. The Labute approximate surface area is 126 Å². The molecule has 1 aromatic carbocycles. The van der Waals surface area contributed by atoms with Gasteiger partial charge in [0.25, 0.3) is 0 Å². The van der Waals surface area contributed by atoms with Crippen molar-refractivity contribution in [1.82, 2.24) is 4.90 Å². The lowest BCUT2D eigenvalue weighted by molar-refractivity contribution is -0.131. The molecule has 0 atom stereocenters. The molecule has 0 saturated carbocycles. The van der Waals surface area contributed by atoms with E-state index in [2.05, 4.69) is 5.92 Å². The first-order chi connectivity index (χ1) is 9.93. The third-order valence-corrected chi connectivity index (χ3v) is 3.16. The summed E-state index contributed by atoms with van der Waals surface area (Å²) in [6, 6.07) is 2.19. The zero-order valence-electron chi connectivity index (χ0n) is 11.2. The number of terminal acetylenes is 1. The summed E-state index contributed by atoms with van der Waals surface area (Å²) in [4.78, 5) is 26.3. The minimum atomic E-state index is -0.778. The zero-order valence-corrected chi connectivity index (χ0v) is 12.0. The predicted octanol–water partition coefficient (Wildman–Crippen LogP) is 1.30. The number of amides is 2. The lowest BCUT2D eigenvalue weighted by Gasteiger charge is -2.30. The molecule has 2 amide bonds. The van der Waals surface area contributed by atoms with Gasteiger partial charge in [0.1, 0.15) is 18.2 Å². The Bertz CT molecular complexity index is 624. The van der Waals surface area contributed by atoms with E-state index in [1.54, 1.807) is 11.9 Å². The molecular formula is C14H12ClFN2O3. The highest BCUT2D eigenvalue weighted by Gasteiger charge is 2.32. The maximum atomic E-state index is 14.0. The highest BCUT2D eigenvalue weighted by Crippen LogP contribution is 2.33. The van der Waals surface area contributed by atoms with E-state index >= 15 is 0 Å². The number of anilines is 1. The minimum Gasteiger partial charge on any atom is -0.479 e. The summed E-state index contributed by atoms with van der Waals surface area (Å²) in [6.07, 6.45) is 5.08. The van der Waals surface area contributed by atoms with Gasteiger partial charge in [0, 0.05) is 6.07 Å². The van der Waals surface area contributed by atoms with Crippen LogP contribution in [0.2, 0.25) is 5.02 Å². The number of halogens is 2. The molecule has 0 unspecified atom stereocenters. The van der Waals surface area contributed by atoms with Crippen LogP contribution in [0, 0.1) is 18.2 Å². The van der Waals surface area contributed by atoms with Crippen LogP contribution in [0.1, 0.15) is 0 Å². The summed E-state index contributed by atoms with van der Waals surface area (Å²) in [5, 5.41) is 0.0144. The van der Waals surface area contributed by atoms with Crippen molar-refractivity contribution < 1.29 is 18.7 Å². The topological polar surface area (TPSA) is 49.9 Å². The lowest BCUT2D eigenvalue weighted by atomic mass is 10.2. The molecule has 1 aliphatic rings. The van der Waals surface area contributed by atoms with Gasteiger partial charge in [-0.25, -0.2) is 9.29 Å². The monoisotopic (exact) mass is 310 g/mol. The largest absolute Gasteiger partial charge is 0.479 e. The summed E-state index contributed by atoms with van der Waals surface area (Å²) in [5.74, 6) is 0.558. The average molecular weight is 311 g/mol. The van der Waals surface area contributed by atoms with Crippen LogP contribution >= 0.6 is 11.6 Å². The van der Waals surface area contributed by atoms with Crippen LogP contribution in [-0.2, 0) is 9.59 Å². The van der Waals surface area contributed by atoms with Crippen LogP contribution in [0.5, 0.6) is 5.75 Å². The Balaban J connectivity index is 2.41. The molecule has 0 aromatic heterocycles. The highest BCUT2D eigenvalue weighted by molar-refractivity contribution is 6.32. The van der Waals surface area contributed by atoms with Gasteiger partial charge in [0.2, 0.25) is 11.8 Å². The maximum Gasteiger partial charge on any atom is 0.248 e. The Kier molecular flexibility index (Phi) is 4.46. The van der Waals surface area contributed by atoms with Gasteiger partial charge < -0.3 is 4.74 Å². The van der Waals surface area contributed by atoms with E-state index in [0.29, 0.717) is 0 Å². The van der Waals surface area contributed by atoms with E-state index < -0.39 is 17.6 Å². The normalized spacial score (nSPS) is 16.0. The molecule has 0 aliphatic carbocycles. The number of benzene rings is 1. The van der Waals surface area contributed by atoms with E-state index in [9.17, 15) is 14.0 Å². The first kappa shape index (κ1) is 15.3. The molecule has 21 heavy (non-hydrogen) atoms. The number of hydrogen-bond donors (Lipinski definition) is 0. The second-order valence-electron chi connectivity index (χ2n) is 4.52. The fourth-order valence-corrected chi connectivity index (χ4v) is 2.19. The number of ether oxygens (including phenoxy) is 1. The number of carbonyl (C=O) groups excluding carboxylic acids is 2. The molecule has 7 heteroatoms. The maximum absolute atomic E-state index is 14.0. The molecule has 5 nitrogen and oxygen atoms in total. The number of piperazine rings is 1. The fraction of sp³-hybridized carbons (Fsp3) is 0.286. The Hall–Kier alpha value is -2.10. The second-order valence-corrected chi connectivity index (χ2v) is 4.93. The zero-order chi connectivity index (χ0) is 15.6. The number of hydrogen-bond acceptors (Lipinski definition) is 4. The van der Waals surface area contributed by atoms with Gasteiger partial charge in [-0.1, -0.05) is 17.5 Å². The van der Waals surface area contributed by atoms with Gasteiger partial charge in [-0.15, -0.1) is 6.42 Å². The summed E-state index contributed by atoms with van der Waals surface area (Å²) >= 11 is 5.84. The number of likely N-dealkylation sites (N-methyl/N-ethyl adjacent to an activating group) is 1. The Morgan fingerprint density at radius 3 is 2.57 bits per heavy atom. The molecule has 1 aromatic rings. The number of carbonyl (C=O) groups is 2. The Morgan fingerprint density at radius 1 is 1.38 bits per heavy atom. The van der Waals surface area contributed by atoms with Crippen molar-refractivity contribution in [2.24, 2.45) is 0 Å². The summed E-state index contributed by atoms with van der Waals surface area (Å²) < 4.78 is 19.2. The molecule has 110 valence electrons. The van der Waals surface area contributed by atoms with Crippen LogP contribution in [0.25, 0.3) is 0 Å². The van der Waals surface area contributed by atoms with E-state index in [1.807, 2.05) is 0 Å². The molecule has 0 radical (unpaired) electrons. The van der Waals surface area contributed by atoms with Crippen molar-refractivity contribution in [3.63, 3.8) is 0 Å². The average Bonchev–Trinajstić information content (AvgIpc) is 2.38. The van der Waals surface area contributed by atoms with Gasteiger partial charge in [-0.2, -0.15) is 0 Å². The van der Waals surface area contributed by atoms with Crippen LogP contribution in [-0.4, -0.2) is 43.5 Å². The molecule has 1 fully saturated rings. The third kappa shape index (κ3) is 3.15. The molecule has 1 aliphatic heterocycles. The van der Waals surface area contributed by atoms with Crippen LogP contribution < -0.4 is 9.64 Å². The van der Waals surface area contributed by atoms with Gasteiger partial charge in [-0.3, -0.25) is 14.5 Å². The number of nitrogens with zero attached hydrogens (tertiary/aromatic N) is 2. The summed E-state index contributed by atoms with van der Waals surface area (Å²) in [7, 11) is 1.63. The molecule has 0 N–H and O–H groups in total. The molecule has 0 bridgehead atoms. The van der Waals surface area contributed by atoms with Crippen LogP contribution in [0.3, 0.4) is 0 Å². The number of imide groups is 1. The molecule has 2 rings (SSSR count). The predicted molar refractivity (Wildman–Crippen MR) is 75.7 cm³/mol. The van der Waals surface area contributed by atoms with Crippen molar-refractivity contribution in [2.75, 3.05) is 31.6 Å². The van der Waals surface area contributed by atoms with E-state index in [-0.39, 0.29) is 36.2 Å². The van der Waals surface area contributed by atoms with Crippen LogP contribution in [0.15, 0.2) is 12.1 Å². The van der Waals surface area contributed by atoms with Crippen molar-refractivity contribution >= 4 is 29.1 Å². The quantitative estimate of drug-likeness (QED) is 0.624. The lowest BCUT2D eigenvalue weighted by Crippen LogP contribution is -2.53. The van der Waals surface area contributed by atoms with Gasteiger partial charge in [-0.05, 0) is 13.1 Å². The fourth-order valence-electron chi connectivity index (χ4n) is 1.99. The molecule has 1 heterocycles. The first-order valence-corrected chi connectivity index (χ1v) is 6.41. The first-order valence-electron chi connectivity index (χ1n) is 6.03. The van der Waals surface area contributed by atoms with E-state index in [1.165, 1.54) is 6.07 Å². The summed E-state index contributed by atoms with van der Waals surface area (Å²) in [6.45, 7) is -0.0157. The SMILES string of the molecule is C#CCOc1cc(N2C(=O)CN(C)CC2=O)c(F)cc1Cl. The standard InChI is InChI=1S/C14H12ClFN2O3/c1-3-4-21-12-6-11(10(16)5-9(12)15)18-13(19)7-17(2)8-14(18)20/h1,5-6H,4,7-8H2,2H3. The van der Waals surface area contributed by atoms with E-state index in [4.69, 9.17) is 22.8 Å². The van der Waals surface area contributed by atoms with Gasteiger partial charge >= 0.3 is 0 Å². The smallest absolute Gasteiger partial charge is 0.248 e. The van der Waals surface area contributed by atoms with Crippen molar-refractivity contribution in [1.29, 1.82) is 0 Å². The van der Waals surface area contributed by atoms with Crippen molar-refractivity contribution in [3.8, 4) is 18.1 Å². The number of rotatable bonds is 3. The molecule has 0 spiro atoms. The van der Waals surface area contributed by atoms with Crippen LogP contribution in [0.4, 0.5) is 10.1 Å². The highest BCUT2D eigenvalue weighted by atomic mass is 35.5. The molecular weight excluding hydrogens is 299 g/mol. The van der Waals surface area contributed by atoms with Gasteiger partial charge in [0.15, 0.2) is 0 Å². The third-order valence-electron chi connectivity index (χ3n) is 2.86. The van der Waals surface area contributed by atoms with Gasteiger partial charge in [0.05, 0.1) is 23.8 Å². The second kappa shape index (κ2) is 6.12. The van der Waals surface area contributed by atoms with Crippen molar-refractivity contribution in [2.45, 2.75) is 0 Å². The summed E-state index contributed by atoms with van der Waals surface area (Å²) in [5.41, 5.74) is -0.186. The van der Waals surface area contributed by atoms with Crippen molar-refractivity contribution in [3.05, 3.63) is 23.0 Å².